The number of anilines is 4. The lowest BCUT2D eigenvalue weighted by Crippen LogP contribution is -2.26. The number of hydrogen-bond donors (Lipinski definition) is 5. The van der Waals surface area contributed by atoms with E-state index in [9.17, 15) is 9.59 Å². The molecule has 0 fully saturated rings. The second-order valence-electron chi connectivity index (χ2n) is 8.74. The van der Waals surface area contributed by atoms with E-state index in [2.05, 4.69) is 46.9 Å². The lowest BCUT2D eigenvalue weighted by atomic mass is 10.1. The summed E-state index contributed by atoms with van der Waals surface area (Å²) >= 11 is 6.32. The SMILES string of the molecule is CCC(=O)NCCn1cc(CNCc2ccc(Nc3ncc(Cl)c(Nc4ccccc4C(=O)NC)n3)cc2)nn1. The van der Waals surface area contributed by atoms with Crippen molar-refractivity contribution in [3.63, 3.8) is 0 Å². The van der Waals surface area contributed by atoms with Gasteiger partial charge in [0.15, 0.2) is 5.82 Å². The zero-order valence-electron chi connectivity index (χ0n) is 22.2. The lowest BCUT2D eigenvalue weighted by Gasteiger charge is -2.13. The molecule has 4 rings (SSSR count). The number of halogens is 1. The Balaban J connectivity index is 1.29. The first-order chi connectivity index (χ1) is 19.4. The Morgan fingerprint density at radius 2 is 1.82 bits per heavy atom. The molecule has 2 aromatic heterocycles. The summed E-state index contributed by atoms with van der Waals surface area (Å²) in [4.78, 5) is 32.3. The minimum Gasteiger partial charge on any atom is -0.355 e. The van der Waals surface area contributed by atoms with Crippen molar-refractivity contribution in [3.05, 3.63) is 82.8 Å². The molecule has 2 amide bonds. The molecule has 0 unspecified atom stereocenters. The number of carbonyl (C=O) groups is 2. The molecule has 5 N–H and O–H groups in total. The van der Waals surface area contributed by atoms with Gasteiger partial charge in [0, 0.05) is 45.0 Å². The summed E-state index contributed by atoms with van der Waals surface area (Å²) in [6, 6.07) is 15.0. The van der Waals surface area contributed by atoms with E-state index >= 15 is 0 Å². The van der Waals surface area contributed by atoms with Gasteiger partial charge in [0.25, 0.3) is 5.91 Å². The summed E-state index contributed by atoms with van der Waals surface area (Å²) in [6.07, 6.45) is 3.83. The summed E-state index contributed by atoms with van der Waals surface area (Å²) in [5.41, 5.74) is 3.77. The van der Waals surface area contributed by atoms with Gasteiger partial charge >= 0.3 is 0 Å². The summed E-state index contributed by atoms with van der Waals surface area (Å²) in [6.45, 7) is 4.13. The standard InChI is InChI=1S/C27H31ClN10O2/c1-3-24(39)31-12-13-38-17-20(36-37-38)15-30-14-18-8-10-19(11-9-18)33-27-32-16-22(28)25(35-27)34-23-7-5-4-6-21(23)26(40)29-2/h4-11,16-17,30H,3,12-15H2,1-2H3,(H,29,40)(H,31,39)(H2,32,33,34,35). The smallest absolute Gasteiger partial charge is 0.253 e. The summed E-state index contributed by atoms with van der Waals surface area (Å²) < 4.78 is 1.72. The van der Waals surface area contributed by atoms with Crippen molar-refractivity contribution in [1.29, 1.82) is 0 Å². The van der Waals surface area contributed by atoms with Crippen LogP contribution in [0.3, 0.4) is 0 Å². The van der Waals surface area contributed by atoms with Gasteiger partial charge in [-0.05, 0) is 29.8 Å². The maximum Gasteiger partial charge on any atom is 0.253 e. The van der Waals surface area contributed by atoms with Crippen molar-refractivity contribution in [3.8, 4) is 0 Å². The van der Waals surface area contributed by atoms with E-state index in [-0.39, 0.29) is 11.8 Å². The molecule has 12 nitrogen and oxygen atoms in total. The van der Waals surface area contributed by atoms with Gasteiger partial charge in [-0.25, -0.2) is 4.98 Å². The van der Waals surface area contributed by atoms with E-state index in [1.807, 2.05) is 43.5 Å². The average Bonchev–Trinajstić information content (AvgIpc) is 3.43. The quantitative estimate of drug-likeness (QED) is 0.165. The fraction of sp³-hybridized carbons (Fsp3) is 0.259. The Bertz CT molecular complexity index is 1440. The first-order valence-corrected chi connectivity index (χ1v) is 13.2. The van der Waals surface area contributed by atoms with Crippen LogP contribution >= 0.6 is 11.6 Å². The minimum atomic E-state index is -0.221. The molecule has 0 radical (unpaired) electrons. The van der Waals surface area contributed by atoms with Gasteiger partial charge < -0.3 is 26.6 Å². The molecule has 40 heavy (non-hydrogen) atoms. The van der Waals surface area contributed by atoms with Crippen LogP contribution in [0.15, 0.2) is 60.9 Å². The van der Waals surface area contributed by atoms with Crippen LogP contribution in [0.4, 0.5) is 23.1 Å². The molecule has 0 aliphatic carbocycles. The van der Waals surface area contributed by atoms with Crippen molar-refractivity contribution >= 4 is 46.6 Å². The lowest BCUT2D eigenvalue weighted by molar-refractivity contribution is -0.120. The second kappa shape index (κ2) is 14.0. The molecule has 0 spiro atoms. The highest BCUT2D eigenvalue weighted by atomic mass is 35.5. The zero-order valence-corrected chi connectivity index (χ0v) is 23.0. The van der Waals surface area contributed by atoms with Crippen LogP contribution in [-0.2, 0) is 24.4 Å². The molecule has 0 aliphatic heterocycles. The van der Waals surface area contributed by atoms with E-state index in [4.69, 9.17) is 11.6 Å². The van der Waals surface area contributed by atoms with Crippen molar-refractivity contribution in [2.24, 2.45) is 0 Å². The van der Waals surface area contributed by atoms with Crippen LogP contribution in [0.5, 0.6) is 0 Å². The average molecular weight is 563 g/mol. The Morgan fingerprint density at radius 1 is 1.02 bits per heavy atom. The van der Waals surface area contributed by atoms with Gasteiger partial charge in [-0.15, -0.1) is 5.10 Å². The number of nitrogens with one attached hydrogen (secondary N) is 5. The van der Waals surface area contributed by atoms with E-state index < -0.39 is 0 Å². The van der Waals surface area contributed by atoms with Gasteiger partial charge in [0.1, 0.15) is 5.02 Å². The molecule has 0 saturated carbocycles. The monoisotopic (exact) mass is 562 g/mol. The van der Waals surface area contributed by atoms with E-state index in [1.54, 1.807) is 29.9 Å². The maximum absolute atomic E-state index is 12.2. The molecule has 0 aliphatic rings. The normalized spacial score (nSPS) is 10.7. The highest BCUT2D eigenvalue weighted by Crippen LogP contribution is 2.27. The van der Waals surface area contributed by atoms with Gasteiger partial charge in [-0.3, -0.25) is 14.3 Å². The van der Waals surface area contributed by atoms with Crippen LogP contribution in [0.1, 0.15) is 35.0 Å². The van der Waals surface area contributed by atoms with Crippen LogP contribution < -0.4 is 26.6 Å². The number of nitrogens with zero attached hydrogens (tertiary/aromatic N) is 5. The zero-order chi connectivity index (χ0) is 28.3. The van der Waals surface area contributed by atoms with Crippen LogP contribution in [0, 0.1) is 0 Å². The van der Waals surface area contributed by atoms with E-state index in [0.29, 0.717) is 60.6 Å². The Morgan fingerprint density at radius 3 is 2.60 bits per heavy atom. The third kappa shape index (κ3) is 7.98. The molecule has 13 heteroatoms. The maximum atomic E-state index is 12.2. The first kappa shape index (κ1) is 28.5. The highest BCUT2D eigenvalue weighted by Gasteiger charge is 2.13. The fourth-order valence-electron chi connectivity index (χ4n) is 3.70. The molecule has 2 heterocycles. The predicted octanol–water partition coefficient (Wildman–Crippen LogP) is 3.38. The Kier molecular flexibility index (Phi) is 9.97. The molecular weight excluding hydrogens is 532 g/mol. The first-order valence-electron chi connectivity index (χ1n) is 12.8. The van der Waals surface area contributed by atoms with Crippen molar-refractivity contribution in [1.82, 2.24) is 40.9 Å². The topological polar surface area (TPSA) is 151 Å². The van der Waals surface area contributed by atoms with Crippen LogP contribution in [0.25, 0.3) is 0 Å². The van der Waals surface area contributed by atoms with Gasteiger partial charge in [0.2, 0.25) is 11.9 Å². The molecular formula is C27H31ClN10O2. The highest BCUT2D eigenvalue weighted by molar-refractivity contribution is 6.33. The molecule has 0 bridgehead atoms. The number of carbonyl (C=O) groups excluding carboxylic acids is 2. The van der Waals surface area contributed by atoms with Crippen molar-refractivity contribution < 1.29 is 9.59 Å². The number of aromatic nitrogens is 5. The number of benzene rings is 2. The van der Waals surface area contributed by atoms with E-state index in [0.717, 1.165) is 16.9 Å². The summed E-state index contributed by atoms with van der Waals surface area (Å²) in [7, 11) is 1.58. The Labute approximate surface area is 236 Å². The fourth-order valence-corrected chi connectivity index (χ4v) is 3.84. The Hall–Kier alpha value is -4.55. The molecule has 2 aromatic carbocycles. The largest absolute Gasteiger partial charge is 0.355 e. The van der Waals surface area contributed by atoms with Gasteiger partial charge in [0.05, 0.1) is 29.7 Å². The third-order valence-electron chi connectivity index (χ3n) is 5.81. The minimum absolute atomic E-state index is 0.0198. The summed E-state index contributed by atoms with van der Waals surface area (Å²) in [5, 5.41) is 23.7. The number of rotatable bonds is 13. The molecule has 4 aromatic rings. The second-order valence-corrected chi connectivity index (χ2v) is 9.15. The summed E-state index contributed by atoms with van der Waals surface area (Å²) in [5.74, 6) is 0.527. The van der Waals surface area contributed by atoms with Crippen molar-refractivity contribution in [2.45, 2.75) is 33.0 Å². The molecule has 208 valence electrons. The third-order valence-corrected chi connectivity index (χ3v) is 6.09. The van der Waals surface area contributed by atoms with E-state index in [1.165, 1.54) is 6.20 Å². The van der Waals surface area contributed by atoms with Crippen LogP contribution in [0.2, 0.25) is 5.02 Å². The molecule has 0 atom stereocenters. The predicted molar refractivity (Wildman–Crippen MR) is 154 cm³/mol. The number of para-hydroxylation sites is 1. The number of hydrogen-bond acceptors (Lipinski definition) is 9. The molecule has 0 saturated heterocycles. The van der Waals surface area contributed by atoms with Crippen molar-refractivity contribution in [2.75, 3.05) is 24.2 Å². The number of amides is 2. The van der Waals surface area contributed by atoms with Gasteiger partial charge in [-0.2, -0.15) is 4.98 Å². The van der Waals surface area contributed by atoms with Gasteiger partial charge in [-0.1, -0.05) is 48.0 Å². The van der Waals surface area contributed by atoms with Crippen LogP contribution in [-0.4, -0.2) is 50.4 Å².